The highest BCUT2D eigenvalue weighted by Gasteiger charge is 2.30. The van der Waals surface area contributed by atoms with E-state index < -0.39 is 0 Å². The molecule has 2 aliphatic rings. The van der Waals surface area contributed by atoms with Crippen LogP contribution in [0.4, 0.5) is 10.5 Å². The van der Waals surface area contributed by atoms with Gasteiger partial charge in [0.25, 0.3) is 0 Å². The van der Waals surface area contributed by atoms with E-state index in [1.165, 1.54) is 0 Å². The number of amides is 2. The Balaban J connectivity index is 1.08. The molecule has 5 heterocycles. The molecular formula is C27H29ClN6O2. The molecule has 0 radical (unpaired) electrons. The highest BCUT2D eigenvalue weighted by Crippen LogP contribution is 2.32. The van der Waals surface area contributed by atoms with Crippen molar-refractivity contribution < 1.29 is 9.53 Å². The van der Waals surface area contributed by atoms with Gasteiger partial charge in [-0.25, -0.2) is 14.8 Å². The molecule has 0 spiro atoms. The summed E-state index contributed by atoms with van der Waals surface area (Å²) >= 11 is 5.96. The molecule has 4 aromatic rings. The van der Waals surface area contributed by atoms with E-state index in [1.807, 2.05) is 52.5 Å². The molecule has 8 nitrogen and oxygen atoms in total. The van der Waals surface area contributed by atoms with E-state index in [-0.39, 0.29) is 6.03 Å². The van der Waals surface area contributed by atoms with Gasteiger partial charge < -0.3 is 24.4 Å². The standard InChI is InChI=1S/C27H29ClN6O2/c28-20-3-5-21(6-4-20)36-18-19-2-1-11-34(17-19)27(35)33-14-12-32(13-15-33)24-8-10-29-23-16-31-26-22(25(23)24)7-9-30-26/h3-10,16,19,29H,1-2,11-15,17-18H2. The quantitative estimate of drug-likeness (QED) is 0.432. The second-order valence-electron chi connectivity index (χ2n) is 9.57. The van der Waals surface area contributed by atoms with Gasteiger partial charge in [-0.2, -0.15) is 0 Å². The molecule has 0 saturated carbocycles. The number of carbonyl (C=O) groups is 1. The maximum absolute atomic E-state index is 13.4. The summed E-state index contributed by atoms with van der Waals surface area (Å²) in [4.78, 5) is 31.9. The van der Waals surface area contributed by atoms with Crippen molar-refractivity contribution >= 4 is 45.3 Å². The fourth-order valence-corrected chi connectivity index (χ4v) is 5.49. The molecule has 2 aliphatic heterocycles. The number of carbonyl (C=O) groups excluding carboxylic acids is 1. The molecule has 9 heteroatoms. The molecule has 6 rings (SSSR count). The molecule has 1 unspecified atom stereocenters. The predicted octanol–water partition coefficient (Wildman–Crippen LogP) is 4.80. The number of anilines is 1. The van der Waals surface area contributed by atoms with Crippen LogP contribution in [0.3, 0.4) is 0 Å². The van der Waals surface area contributed by atoms with Crippen LogP contribution in [0, 0.1) is 5.92 Å². The maximum Gasteiger partial charge on any atom is 0.320 e. The van der Waals surface area contributed by atoms with Crippen molar-refractivity contribution in [1.82, 2.24) is 24.8 Å². The zero-order valence-electron chi connectivity index (χ0n) is 20.1. The van der Waals surface area contributed by atoms with Gasteiger partial charge in [-0.05, 0) is 49.2 Å². The number of piperidine rings is 1. The fraction of sp³-hybridized carbons (Fsp3) is 0.370. The Hall–Kier alpha value is -3.52. The number of likely N-dealkylation sites (tertiary alicyclic amines) is 1. The van der Waals surface area contributed by atoms with Gasteiger partial charge in [-0.15, -0.1) is 0 Å². The Bertz CT molecular complexity index is 1370. The fourth-order valence-electron chi connectivity index (χ4n) is 5.36. The minimum absolute atomic E-state index is 0.143. The van der Waals surface area contributed by atoms with E-state index >= 15 is 0 Å². The smallest absolute Gasteiger partial charge is 0.320 e. The number of H-pyrrole nitrogens is 1. The number of nitrogens with zero attached hydrogens (tertiary/aromatic N) is 5. The molecule has 36 heavy (non-hydrogen) atoms. The van der Waals surface area contributed by atoms with Gasteiger partial charge in [0.15, 0.2) is 5.65 Å². The summed E-state index contributed by atoms with van der Waals surface area (Å²) in [6.45, 7) is 5.14. The Kier molecular flexibility index (Phi) is 6.27. The molecule has 0 aliphatic carbocycles. The van der Waals surface area contributed by atoms with E-state index in [0.29, 0.717) is 30.6 Å². The summed E-state index contributed by atoms with van der Waals surface area (Å²) in [5.74, 6) is 1.15. The lowest BCUT2D eigenvalue weighted by atomic mass is 9.99. The first-order valence-corrected chi connectivity index (χ1v) is 12.9. The van der Waals surface area contributed by atoms with Crippen molar-refractivity contribution in [2.75, 3.05) is 50.8 Å². The number of ether oxygens (including phenoxy) is 1. The van der Waals surface area contributed by atoms with Crippen LogP contribution in [0.25, 0.3) is 21.9 Å². The Labute approximate surface area is 214 Å². The zero-order chi connectivity index (χ0) is 24.5. The summed E-state index contributed by atoms with van der Waals surface area (Å²) in [6, 6.07) is 11.7. The van der Waals surface area contributed by atoms with Crippen molar-refractivity contribution in [3.63, 3.8) is 0 Å². The number of rotatable bonds is 4. The average Bonchev–Trinajstić information content (AvgIpc) is 3.42. The van der Waals surface area contributed by atoms with Crippen LogP contribution >= 0.6 is 11.6 Å². The predicted molar refractivity (Wildman–Crippen MR) is 142 cm³/mol. The second-order valence-corrected chi connectivity index (χ2v) is 10.0. The third kappa shape index (κ3) is 4.53. The number of hydrogen-bond acceptors (Lipinski definition) is 5. The highest BCUT2D eigenvalue weighted by molar-refractivity contribution is 6.30. The lowest BCUT2D eigenvalue weighted by molar-refractivity contribution is 0.110. The third-order valence-electron chi connectivity index (χ3n) is 7.25. The average molecular weight is 505 g/mol. The van der Waals surface area contributed by atoms with E-state index in [1.54, 1.807) is 6.20 Å². The number of aromatic nitrogens is 3. The van der Waals surface area contributed by atoms with Crippen molar-refractivity contribution in [3.8, 4) is 5.75 Å². The van der Waals surface area contributed by atoms with Crippen molar-refractivity contribution in [2.24, 2.45) is 5.92 Å². The summed E-state index contributed by atoms with van der Waals surface area (Å²) in [5.41, 5.74) is 2.91. The molecule has 1 aromatic carbocycles. The van der Waals surface area contributed by atoms with Crippen molar-refractivity contribution in [2.45, 2.75) is 12.8 Å². The number of benzene rings is 1. The summed E-state index contributed by atoms with van der Waals surface area (Å²) in [5, 5.41) is 2.89. The monoisotopic (exact) mass is 504 g/mol. The SMILES string of the molecule is O=C(N1CCN(c2cc[nH]c3cnc4nccc4c23)CC1)N1CCCC(COc2ccc(Cl)cc2)C1. The number of halogens is 1. The first kappa shape index (κ1) is 22.9. The van der Waals surface area contributed by atoms with Crippen LogP contribution in [0.2, 0.25) is 5.02 Å². The van der Waals surface area contributed by atoms with Gasteiger partial charge >= 0.3 is 6.03 Å². The number of hydrogen-bond donors (Lipinski definition) is 1. The van der Waals surface area contributed by atoms with Gasteiger partial charge in [-0.1, -0.05) is 11.6 Å². The number of nitrogens with one attached hydrogen (secondary N) is 1. The van der Waals surface area contributed by atoms with Crippen LogP contribution in [-0.2, 0) is 0 Å². The second kappa shape index (κ2) is 9.85. The van der Waals surface area contributed by atoms with Crippen LogP contribution in [0.15, 0.2) is 55.0 Å². The molecule has 1 N–H and O–H groups in total. The molecule has 186 valence electrons. The van der Waals surface area contributed by atoms with E-state index in [9.17, 15) is 4.79 Å². The zero-order valence-corrected chi connectivity index (χ0v) is 20.8. The largest absolute Gasteiger partial charge is 0.493 e. The molecular weight excluding hydrogens is 476 g/mol. The Morgan fingerprint density at radius 3 is 2.69 bits per heavy atom. The Morgan fingerprint density at radius 2 is 1.86 bits per heavy atom. The minimum Gasteiger partial charge on any atom is -0.493 e. The van der Waals surface area contributed by atoms with Gasteiger partial charge in [0.1, 0.15) is 5.75 Å². The van der Waals surface area contributed by atoms with Crippen molar-refractivity contribution in [1.29, 1.82) is 0 Å². The summed E-state index contributed by atoms with van der Waals surface area (Å²) in [7, 11) is 0. The molecule has 2 amide bonds. The van der Waals surface area contributed by atoms with Crippen LogP contribution < -0.4 is 9.64 Å². The van der Waals surface area contributed by atoms with Gasteiger partial charge in [0.2, 0.25) is 0 Å². The summed E-state index contributed by atoms with van der Waals surface area (Å²) < 4.78 is 5.97. The number of fused-ring (bicyclic) bond motifs is 3. The first-order valence-electron chi connectivity index (χ1n) is 12.5. The number of aromatic amines is 1. The van der Waals surface area contributed by atoms with Gasteiger partial charge in [0, 0.05) is 79.1 Å². The topological polar surface area (TPSA) is 77.6 Å². The van der Waals surface area contributed by atoms with E-state index in [2.05, 4.69) is 25.9 Å². The lowest BCUT2D eigenvalue weighted by Gasteiger charge is -2.41. The molecule has 1 atom stereocenters. The van der Waals surface area contributed by atoms with Crippen LogP contribution in [-0.4, -0.2) is 76.7 Å². The number of pyridine rings is 2. The van der Waals surface area contributed by atoms with Crippen molar-refractivity contribution in [3.05, 3.63) is 60.0 Å². The molecule has 2 fully saturated rings. The van der Waals surface area contributed by atoms with E-state index in [4.69, 9.17) is 16.3 Å². The van der Waals surface area contributed by atoms with Gasteiger partial charge in [0.05, 0.1) is 18.3 Å². The minimum atomic E-state index is 0.143. The molecule has 0 bridgehead atoms. The van der Waals surface area contributed by atoms with E-state index in [0.717, 1.165) is 72.4 Å². The normalized spacial score (nSPS) is 18.7. The molecule has 3 aromatic heterocycles. The van der Waals surface area contributed by atoms with Crippen LogP contribution in [0.5, 0.6) is 5.75 Å². The maximum atomic E-state index is 13.4. The first-order chi connectivity index (χ1) is 17.7. The number of piperazine rings is 1. The van der Waals surface area contributed by atoms with Gasteiger partial charge in [-0.3, -0.25) is 0 Å². The molecule has 2 saturated heterocycles. The Morgan fingerprint density at radius 1 is 1.03 bits per heavy atom. The lowest BCUT2D eigenvalue weighted by Crippen LogP contribution is -2.54. The number of urea groups is 1. The summed E-state index contributed by atoms with van der Waals surface area (Å²) in [6.07, 6.45) is 7.68. The third-order valence-corrected chi connectivity index (χ3v) is 7.50. The highest BCUT2D eigenvalue weighted by atomic mass is 35.5. The van der Waals surface area contributed by atoms with Crippen LogP contribution in [0.1, 0.15) is 12.8 Å².